The van der Waals surface area contributed by atoms with E-state index >= 15 is 0 Å². The fourth-order valence-electron chi connectivity index (χ4n) is 1.93. The Bertz CT molecular complexity index is 904. The van der Waals surface area contributed by atoms with Crippen LogP contribution >= 0.6 is 11.6 Å². The Morgan fingerprint density at radius 3 is 2.46 bits per heavy atom. The van der Waals surface area contributed by atoms with E-state index < -0.39 is 10.8 Å². The molecule has 0 unspecified atom stereocenters. The minimum atomic E-state index is -0.636. The van der Waals surface area contributed by atoms with Gasteiger partial charge in [0.1, 0.15) is 17.4 Å². The zero-order chi connectivity index (χ0) is 19.1. The number of hydrogen-bond donors (Lipinski definition) is 2. The fraction of sp³-hybridized carbons (Fsp3) is 0.0588. The number of nitro groups is 1. The van der Waals surface area contributed by atoms with Gasteiger partial charge in [0.15, 0.2) is 0 Å². The predicted molar refractivity (Wildman–Crippen MR) is 97.0 cm³/mol. The van der Waals surface area contributed by atoms with Crippen LogP contribution in [0.4, 0.5) is 17.1 Å². The highest BCUT2D eigenvalue weighted by molar-refractivity contribution is 6.32. The molecule has 0 aromatic heterocycles. The molecular formula is C17H13ClN4O4. The van der Waals surface area contributed by atoms with Gasteiger partial charge in [0, 0.05) is 29.7 Å². The maximum Gasteiger partial charge on any atom is 0.269 e. The number of nitriles is 1. The Kier molecular flexibility index (Phi) is 6.14. The molecule has 2 aromatic carbocycles. The molecule has 0 aliphatic carbocycles. The van der Waals surface area contributed by atoms with Crippen molar-refractivity contribution >= 4 is 34.6 Å². The Morgan fingerprint density at radius 2 is 1.92 bits per heavy atom. The zero-order valence-corrected chi connectivity index (χ0v) is 14.3. The van der Waals surface area contributed by atoms with Gasteiger partial charge in [-0.25, -0.2) is 0 Å². The summed E-state index contributed by atoms with van der Waals surface area (Å²) >= 11 is 5.99. The number of non-ortho nitro benzene ring substituents is 1. The van der Waals surface area contributed by atoms with Crippen LogP contribution in [0.5, 0.6) is 5.75 Å². The monoisotopic (exact) mass is 372 g/mol. The van der Waals surface area contributed by atoms with E-state index in [1.165, 1.54) is 43.6 Å². The number of rotatable bonds is 6. The van der Waals surface area contributed by atoms with Gasteiger partial charge in [-0.15, -0.1) is 0 Å². The molecule has 26 heavy (non-hydrogen) atoms. The highest BCUT2D eigenvalue weighted by Gasteiger charge is 2.11. The van der Waals surface area contributed by atoms with E-state index in [9.17, 15) is 14.9 Å². The van der Waals surface area contributed by atoms with Gasteiger partial charge < -0.3 is 15.4 Å². The minimum absolute atomic E-state index is 0.0610. The van der Waals surface area contributed by atoms with Crippen molar-refractivity contribution in [2.24, 2.45) is 0 Å². The zero-order valence-electron chi connectivity index (χ0n) is 13.5. The van der Waals surface area contributed by atoms with Crippen molar-refractivity contribution in [3.63, 3.8) is 0 Å². The summed E-state index contributed by atoms with van der Waals surface area (Å²) in [7, 11) is 1.47. The summed E-state index contributed by atoms with van der Waals surface area (Å²) in [5.41, 5.74) is 0.644. The first-order valence-electron chi connectivity index (χ1n) is 7.20. The van der Waals surface area contributed by atoms with Crippen LogP contribution in [0.2, 0.25) is 5.02 Å². The maximum atomic E-state index is 12.2. The topological polar surface area (TPSA) is 117 Å². The molecule has 0 saturated heterocycles. The molecule has 2 aromatic rings. The van der Waals surface area contributed by atoms with Crippen molar-refractivity contribution in [3.8, 4) is 11.8 Å². The molecule has 2 rings (SSSR count). The van der Waals surface area contributed by atoms with E-state index in [1.54, 1.807) is 18.2 Å². The Balaban J connectivity index is 2.08. The van der Waals surface area contributed by atoms with Crippen LogP contribution in [-0.4, -0.2) is 17.9 Å². The van der Waals surface area contributed by atoms with Crippen LogP contribution in [0.15, 0.2) is 54.2 Å². The summed E-state index contributed by atoms with van der Waals surface area (Å²) < 4.78 is 5.02. The number of ether oxygens (including phenoxy) is 1. The molecule has 9 heteroatoms. The number of nitrogens with zero attached hydrogens (tertiary/aromatic N) is 2. The highest BCUT2D eigenvalue weighted by Crippen LogP contribution is 2.27. The van der Waals surface area contributed by atoms with Gasteiger partial charge in [0.05, 0.1) is 17.1 Å². The molecule has 0 atom stereocenters. The molecule has 1 amide bonds. The third kappa shape index (κ3) is 4.72. The van der Waals surface area contributed by atoms with Crippen molar-refractivity contribution in [1.29, 1.82) is 5.26 Å². The second-order valence-electron chi connectivity index (χ2n) is 4.92. The van der Waals surface area contributed by atoms with E-state index in [4.69, 9.17) is 21.6 Å². The molecular weight excluding hydrogens is 360 g/mol. The van der Waals surface area contributed by atoms with Gasteiger partial charge in [-0.05, 0) is 30.3 Å². The van der Waals surface area contributed by atoms with Crippen LogP contribution < -0.4 is 15.4 Å². The van der Waals surface area contributed by atoms with Crippen molar-refractivity contribution < 1.29 is 14.5 Å². The summed E-state index contributed by atoms with van der Waals surface area (Å²) in [5.74, 6) is -0.177. The first kappa shape index (κ1) is 18.8. The quantitative estimate of drug-likeness (QED) is 0.345. The van der Waals surface area contributed by atoms with Crippen LogP contribution in [-0.2, 0) is 4.79 Å². The lowest BCUT2D eigenvalue weighted by molar-refractivity contribution is -0.384. The van der Waals surface area contributed by atoms with E-state index in [-0.39, 0.29) is 11.3 Å². The van der Waals surface area contributed by atoms with Crippen LogP contribution in [0.1, 0.15) is 0 Å². The molecule has 2 N–H and O–H groups in total. The first-order valence-corrected chi connectivity index (χ1v) is 7.58. The Labute approximate surface area is 153 Å². The molecule has 0 radical (unpaired) electrons. The molecule has 0 aliphatic heterocycles. The third-order valence-electron chi connectivity index (χ3n) is 3.24. The Hall–Kier alpha value is -3.57. The van der Waals surface area contributed by atoms with E-state index in [0.29, 0.717) is 22.1 Å². The largest absolute Gasteiger partial charge is 0.495 e. The molecule has 132 valence electrons. The number of methoxy groups -OCH3 is 1. The summed E-state index contributed by atoms with van der Waals surface area (Å²) in [4.78, 5) is 22.3. The lowest BCUT2D eigenvalue weighted by Gasteiger charge is -2.08. The molecule has 0 fully saturated rings. The Morgan fingerprint density at radius 1 is 1.27 bits per heavy atom. The molecule has 0 saturated carbocycles. The summed E-state index contributed by atoms with van der Waals surface area (Å²) in [5, 5.41) is 25.4. The predicted octanol–water partition coefficient (Wildman–Crippen LogP) is 3.71. The highest BCUT2D eigenvalue weighted by atomic mass is 35.5. The molecule has 0 spiro atoms. The summed E-state index contributed by atoms with van der Waals surface area (Å²) in [6.07, 6.45) is 1.21. The lowest BCUT2D eigenvalue weighted by atomic mass is 10.2. The number of carbonyl (C=O) groups excluding carboxylic acids is 1. The standard InChI is InChI=1S/C17H13ClN4O4/c1-26-16-7-4-13(8-15(16)18)21-17(23)11(9-19)10-20-12-2-5-14(6-3-12)22(24)25/h2-8,10,20H,1H3,(H,21,23)/b11-10-. The van der Waals surface area contributed by atoms with E-state index in [2.05, 4.69) is 10.6 Å². The number of halogens is 1. The van der Waals surface area contributed by atoms with Crippen LogP contribution in [0, 0.1) is 21.4 Å². The van der Waals surface area contributed by atoms with Gasteiger partial charge in [0.25, 0.3) is 11.6 Å². The minimum Gasteiger partial charge on any atom is -0.495 e. The van der Waals surface area contributed by atoms with Crippen molar-refractivity contribution in [2.45, 2.75) is 0 Å². The molecule has 0 heterocycles. The van der Waals surface area contributed by atoms with Crippen LogP contribution in [0.25, 0.3) is 0 Å². The number of nitro benzene ring substituents is 1. The van der Waals surface area contributed by atoms with Crippen LogP contribution in [0.3, 0.4) is 0 Å². The van der Waals surface area contributed by atoms with E-state index in [0.717, 1.165) is 0 Å². The number of benzene rings is 2. The second kappa shape index (κ2) is 8.50. The third-order valence-corrected chi connectivity index (χ3v) is 3.53. The van der Waals surface area contributed by atoms with Crippen molar-refractivity contribution in [2.75, 3.05) is 17.7 Å². The van der Waals surface area contributed by atoms with Gasteiger partial charge in [-0.1, -0.05) is 11.6 Å². The number of amides is 1. The summed E-state index contributed by atoms with van der Waals surface area (Å²) in [6, 6.07) is 12.0. The van der Waals surface area contributed by atoms with Gasteiger partial charge in [-0.3, -0.25) is 14.9 Å². The molecule has 0 aliphatic rings. The van der Waals surface area contributed by atoms with E-state index in [1.807, 2.05) is 0 Å². The lowest BCUT2D eigenvalue weighted by Crippen LogP contribution is -2.14. The molecule has 8 nitrogen and oxygen atoms in total. The number of anilines is 2. The van der Waals surface area contributed by atoms with Crippen molar-refractivity contribution in [1.82, 2.24) is 0 Å². The van der Waals surface area contributed by atoms with Gasteiger partial charge in [-0.2, -0.15) is 5.26 Å². The second-order valence-corrected chi connectivity index (χ2v) is 5.33. The maximum absolute atomic E-state index is 12.2. The average Bonchev–Trinajstić information content (AvgIpc) is 2.62. The SMILES string of the molecule is COc1ccc(NC(=O)/C(C#N)=C\Nc2ccc([N+](=O)[O-])cc2)cc1Cl. The normalized spacial score (nSPS) is 10.6. The fourth-order valence-corrected chi connectivity index (χ4v) is 2.18. The smallest absolute Gasteiger partial charge is 0.269 e. The number of carbonyl (C=O) groups is 1. The van der Waals surface area contributed by atoms with Crippen molar-refractivity contribution in [3.05, 3.63) is 69.4 Å². The first-order chi connectivity index (χ1) is 12.4. The van der Waals surface area contributed by atoms with Gasteiger partial charge >= 0.3 is 0 Å². The summed E-state index contributed by atoms with van der Waals surface area (Å²) in [6.45, 7) is 0. The van der Waals surface area contributed by atoms with Gasteiger partial charge in [0.2, 0.25) is 0 Å². The number of hydrogen-bond acceptors (Lipinski definition) is 6. The molecule has 0 bridgehead atoms. The number of nitrogens with one attached hydrogen (secondary N) is 2. The average molecular weight is 373 g/mol.